The molecule has 1 heterocycles. The lowest BCUT2D eigenvalue weighted by Gasteiger charge is -2.27. The number of aliphatic carboxylic acids is 1. The summed E-state index contributed by atoms with van der Waals surface area (Å²) in [5, 5.41) is 12.5. The van der Waals surface area contributed by atoms with E-state index in [-0.39, 0.29) is 53.0 Å². The van der Waals surface area contributed by atoms with Crippen LogP contribution in [0.15, 0.2) is 23.2 Å². The Hall–Kier alpha value is -3.19. The predicted octanol–water partition coefficient (Wildman–Crippen LogP) is 0.606. The lowest BCUT2D eigenvalue weighted by Crippen LogP contribution is -2.45. The van der Waals surface area contributed by atoms with Gasteiger partial charge in [0.05, 0.1) is 11.4 Å². The number of nitrogens with zero attached hydrogens (tertiary/aromatic N) is 1. The van der Waals surface area contributed by atoms with Gasteiger partial charge in [-0.1, -0.05) is 19.9 Å². The molecule has 5 unspecified atom stereocenters. The lowest BCUT2D eigenvalue weighted by atomic mass is 9.80. The third kappa shape index (κ3) is 5.93. The second-order valence-electron chi connectivity index (χ2n) is 11.0. The summed E-state index contributed by atoms with van der Waals surface area (Å²) in [7, 11) is -3.98. The van der Waals surface area contributed by atoms with Crippen LogP contribution < -0.4 is 26.2 Å². The third-order valence-corrected chi connectivity index (χ3v) is 9.49. The van der Waals surface area contributed by atoms with Gasteiger partial charge in [-0.15, -0.1) is 0 Å². The molecule has 2 saturated carbocycles. The number of hydrogen-bond acceptors (Lipinski definition) is 7. The SMILES string of the molecule is CC1(C)C2CC(=O)C1C(CS(=O)(=O)NC(Cc1ccc3c(c1)NC(=O)C(CCCN=C(N)N)O3)C(=O)O)C2. The number of guanidine groups is 1. The largest absolute Gasteiger partial charge is 0.480 e. The lowest BCUT2D eigenvalue weighted by molar-refractivity contribution is -0.139. The Kier molecular flexibility index (Phi) is 7.71. The van der Waals surface area contributed by atoms with Crippen LogP contribution in [0.2, 0.25) is 0 Å². The smallest absolute Gasteiger partial charge is 0.322 e. The Balaban J connectivity index is 1.39. The highest BCUT2D eigenvalue weighted by atomic mass is 32.2. The highest BCUT2D eigenvalue weighted by molar-refractivity contribution is 7.89. The molecule has 0 spiro atoms. The average Bonchev–Trinajstić information content (AvgIpc) is 3.17. The number of ether oxygens (including phenoxy) is 1. The number of carboxylic acid groups (broad SMARTS) is 1. The molecule has 0 radical (unpaired) electrons. The number of carbonyl (C=O) groups is 3. The maximum atomic E-state index is 13.0. The number of carboxylic acids is 1. The second kappa shape index (κ2) is 10.5. The van der Waals surface area contributed by atoms with Gasteiger partial charge in [0.1, 0.15) is 17.6 Å². The minimum atomic E-state index is -3.98. The van der Waals surface area contributed by atoms with Crippen LogP contribution in [0.1, 0.15) is 45.1 Å². The van der Waals surface area contributed by atoms with Crippen LogP contribution in [0, 0.1) is 23.2 Å². The Labute approximate surface area is 221 Å². The molecule has 5 atom stereocenters. The summed E-state index contributed by atoms with van der Waals surface area (Å²) in [5.74, 6) is -1.96. The fraction of sp³-hybridized carbons (Fsp3) is 0.600. The van der Waals surface area contributed by atoms with Crippen molar-refractivity contribution in [3.8, 4) is 5.75 Å². The van der Waals surface area contributed by atoms with Crippen molar-refractivity contribution in [1.29, 1.82) is 0 Å². The standard InChI is InChI=1S/C25H35N5O7S/c1-25(2)15-10-14(21(25)18(31)11-15)12-38(35,36)30-17(23(33)34)9-13-5-6-19-16(8-13)29-22(32)20(37-19)4-3-7-28-24(26)27/h5-6,8,14-15,17,20-21,30H,3-4,7,9-12H2,1-2H3,(H,29,32)(H,33,34)(H4,26,27,28). The third-order valence-electron chi connectivity index (χ3n) is 7.98. The van der Waals surface area contributed by atoms with Gasteiger partial charge in [-0.05, 0) is 60.6 Å². The molecule has 7 N–H and O–H groups in total. The molecule has 208 valence electrons. The normalized spacial score (nSPS) is 26.3. The monoisotopic (exact) mass is 549 g/mol. The molecule has 2 aliphatic carbocycles. The molecule has 12 nitrogen and oxygen atoms in total. The molecule has 0 saturated heterocycles. The molecule has 2 fully saturated rings. The van der Waals surface area contributed by atoms with E-state index in [2.05, 4.69) is 15.0 Å². The summed E-state index contributed by atoms with van der Waals surface area (Å²) in [6.07, 6.45) is 1.21. The summed E-state index contributed by atoms with van der Waals surface area (Å²) in [6.45, 7) is 4.37. The highest BCUT2D eigenvalue weighted by Crippen LogP contribution is 2.58. The number of anilines is 1. The fourth-order valence-electron chi connectivity index (χ4n) is 6.19. The van der Waals surface area contributed by atoms with E-state index in [0.29, 0.717) is 49.2 Å². The zero-order chi connectivity index (χ0) is 27.8. The van der Waals surface area contributed by atoms with Crippen LogP contribution in [0.4, 0.5) is 5.69 Å². The van der Waals surface area contributed by atoms with Gasteiger partial charge in [0.25, 0.3) is 5.91 Å². The van der Waals surface area contributed by atoms with E-state index in [4.69, 9.17) is 16.2 Å². The number of sulfonamides is 1. The quantitative estimate of drug-likeness (QED) is 0.149. The van der Waals surface area contributed by atoms with Crippen LogP contribution in [0.3, 0.4) is 0 Å². The first-order valence-corrected chi connectivity index (χ1v) is 14.3. The Morgan fingerprint density at radius 2 is 2.05 bits per heavy atom. The number of nitrogens with one attached hydrogen (secondary N) is 2. The number of amides is 1. The van der Waals surface area contributed by atoms with Gasteiger partial charge < -0.3 is 26.6 Å². The van der Waals surface area contributed by atoms with Crippen LogP contribution >= 0.6 is 0 Å². The van der Waals surface area contributed by atoms with Gasteiger partial charge in [-0.3, -0.25) is 19.4 Å². The van der Waals surface area contributed by atoms with Crippen LogP contribution in [-0.2, 0) is 30.8 Å². The number of Topliss-reactive ketones (excluding diaryl/α,β-unsaturated/α-hetero) is 1. The number of benzene rings is 1. The average molecular weight is 550 g/mol. The summed E-state index contributed by atoms with van der Waals surface area (Å²) >= 11 is 0. The summed E-state index contributed by atoms with van der Waals surface area (Å²) in [6, 6.07) is 3.41. The van der Waals surface area contributed by atoms with E-state index < -0.39 is 28.1 Å². The molecule has 38 heavy (non-hydrogen) atoms. The summed E-state index contributed by atoms with van der Waals surface area (Å²) in [4.78, 5) is 40.7. The van der Waals surface area contributed by atoms with Gasteiger partial charge in [0.15, 0.2) is 12.1 Å². The van der Waals surface area contributed by atoms with Crippen molar-refractivity contribution < 1.29 is 32.6 Å². The fourth-order valence-corrected chi connectivity index (χ4v) is 7.79. The topological polar surface area (TPSA) is 203 Å². The summed E-state index contributed by atoms with van der Waals surface area (Å²) < 4.78 is 34.0. The predicted molar refractivity (Wildman–Crippen MR) is 140 cm³/mol. The minimum Gasteiger partial charge on any atom is -0.480 e. The number of hydrogen-bond donors (Lipinski definition) is 5. The Bertz CT molecular complexity index is 1260. The van der Waals surface area contributed by atoms with E-state index in [1.54, 1.807) is 18.2 Å². The van der Waals surface area contributed by atoms with Crippen LogP contribution in [0.25, 0.3) is 0 Å². The maximum Gasteiger partial charge on any atom is 0.322 e. The highest BCUT2D eigenvalue weighted by Gasteiger charge is 2.58. The van der Waals surface area contributed by atoms with E-state index in [1.807, 2.05) is 13.8 Å². The Morgan fingerprint density at radius 3 is 2.68 bits per heavy atom. The molecule has 1 aromatic carbocycles. The first-order valence-electron chi connectivity index (χ1n) is 12.7. The zero-order valence-corrected chi connectivity index (χ0v) is 22.3. The molecule has 1 amide bonds. The molecule has 2 bridgehead atoms. The molecule has 13 heteroatoms. The van der Waals surface area contributed by atoms with E-state index in [1.165, 1.54) is 0 Å². The van der Waals surface area contributed by atoms with Crippen molar-refractivity contribution >= 4 is 39.3 Å². The number of fused-ring (bicyclic) bond motifs is 3. The van der Waals surface area contributed by atoms with Crippen LogP contribution in [0.5, 0.6) is 5.75 Å². The maximum absolute atomic E-state index is 13.0. The Morgan fingerprint density at radius 1 is 1.32 bits per heavy atom. The molecular weight excluding hydrogens is 514 g/mol. The van der Waals surface area contributed by atoms with Crippen molar-refractivity contribution in [1.82, 2.24) is 4.72 Å². The number of aliphatic imine (C=N–C) groups is 1. The number of rotatable bonds is 11. The van der Waals surface area contributed by atoms with Crippen molar-refractivity contribution in [2.24, 2.45) is 39.6 Å². The van der Waals surface area contributed by atoms with E-state index >= 15 is 0 Å². The van der Waals surface area contributed by atoms with Crippen LogP contribution in [-0.4, -0.2) is 61.6 Å². The molecule has 1 aliphatic heterocycles. The minimum absolute atomic E-state index is 0.0246. The van der Waals surface area contributed by atoms with Crippen molar-refractivity contribution in [2.45, 2.75) is 58.1 Å². The van der Waals surface area contributed by atoms with Gasteiger partial charge in [0, 0.05) is 18.9 Å². The van der Waals surface area contributed by atoms with E-state index in [9.17, 15) is 27.9 Å². The number of carbonyl (C=O) groups excluding carboxylic acids is 2. The van der Waals surface area contributed by atoms with Gasteiger partial charge >= 0.3 is 5.97 Å². The second-order valence-corrected chi connectivity index (χ2v) is 12.8. The number of ketones is 1. The first-order chi connectivity index (χ1) is 17.8. The molecule has 4 rings (SSSR count). The van der Waals surface area contributed by atoms with Crippen molar-refractivity contribution in [3.05, 3.63) is 23.8 Å². The van der Waals surface area contributed by atoms with Gasteiger partial charge in [0.2, 0.25) is 10.0 Å². The van der Waals surface area contributed by atoms with E-state index in [0.717, 1.165) is 0 Å². The summed E-state index contributed by atoms with van der Waals surface area (Å²) in [5.41, 5.74) is 11.2. The molecular formula is C25H35N5O7S. The van der Waals surface area contributed by atoms with Gasteiger partial charge in [-0.25, -0.2) is 13.1 Å². The number of nitrogens with two attached hydrogens (primary N) is 2. The molecule has 3 aliphatic rings. The van der Waals surface area contributed by atoms with Crippen molar-refractivity contribution in [3.63, 3.8) is 0 Å². The van der Waals surface area contributed by atoms with Gasteiger partial charge in [-0.2, -0.15) is 0 Å². The first kappa shape index (κ1) is 27.8. The molecule has 1 aromatic rings. The van der Waals surface area contributed by atoms with Crippen molar-refractivity contribution in [2.75, 3.05) is 17.6 Å². The zero-order valence-electron chi connectivity index (χ0n) is 21.5. The molecule has 0 aromatic heterocycles.